The van der Waals surface area contributed by atoms with Crippen LogP contribution in [0.25, 0.3) is 10.9 Å². The van der Waals surface area contributed by atoms with Gasteiger partial charge >= 0.3 is 0 Å². The first-order valence-corrected chi connectivity index (χ1v) is 11.8. The van der Waals surface area contributed by atoms with Gasteiger partial charge in [-0.25, -0.2) is 0 Å². The molecule has 4 rings (SSSR count). The molecule has 3 aromatic rings. The second-order valence-corrected chi connectivity index (χ2v) is 9.07. The van der Waals surface area contributed by atoms with Crippen LogP contribution in [0.2, 0.25) is 5.02 Å². The van der Waals surface area contributed by atoms with Crippen molar-refractivity contribution >= 4 is 28.4 Å². The molecule has 0 aliphatic carbocycles. The summed E-state index contributed by atoms with van der Waals surface area (Å²) in [6.07, 6.45) is 4.96. The third-order valence-electron chi connectivity index (χ3n) is 6.38. The largest absolute Gasteiger partial charge is 0.384 e. The fraction of sp³-hybridized carbons (Fsp3) is 0.333. The Hall–Kier alpha value is -3.11. The molecule has 1 fully saturated rings. The number of aliphatic hydroxyl groups excluding tert-OH is 1. The molecule has 1 aliphatic heterocycles. The van der Waals surface area contributed by atoms with Crippen LogP contribution in [0.3, 0.4) is 0 Å². The summed E-state index contributed by atoms with van der Waals surface area (Å²) in [6, 6.07) is 13.1. The van der Waals surface area contributed by atoms with Crippen LogP contribution in [0.4, 0.5) is 0 Å². The number of hydrogen-bond donors (Lipinski definition) is 2. The van der Waals surface area contributed by atoms with Crippen LogP contribution in [0.15, 0.2) is 53.5 Å². The first-order chi connectivity index (χ1) is 16.5. The minimum atomic E-state index is -0.416. The molecule has 34 heavy (non-hydrogen) atoms. The Balaban J connectivity index is 1.67. The van der Waals surface area contributed by atoms with Crippen LogP contribution in [0, 0.1) is 11.8 Å². The Bertz CT molecular complexity index is 1300. The Morgan fingerprint density at radius 2 is 2.03 bits per heavy atom. The smallest absolute Gasteiger partial charge is 0.257 e. The van der Waals surface area contributed by atoms with Crippen molar-refractivity contribution < 1.29 is 9.90 Å². The first-order valence-electron chi connectivity index (χ1n) is 11.5. The number of nitrogens with zero attached hydrogens (tertiary/aromatic N) is 2. The van der Waals surface area contributed by atoms with Crippen LogP contribution in [-0.4, -0.2) is 46.7 Å². The summed E-state index contributed by atoms with van der Waals surface area (Å²) in [5, 5.41) is 12.9. The number of rotatable bonds is 6. The van der Waals surface area contributed by atoms with Crippen LogP contribution < -0.4 is 10.7 Å². The zero-order valence-corrected chi connectivity index (χ0v) is 19.9. The third-order valence-corrected chi connectivity index (χ3v) is 6.63. The summed E-state index contributed by atoms with van der Waals surface area (Å²) in [6.45, 7) is 1.83. The van der Waals surface area contributed by atoms with E-state index >= 15 is 0 Å². The number of likely N-dealkylation sites (tertiary alicyclic amines) is 1. The molecule has 0 bridgehead atoms. The number of aryl methyl sites for hydroxylation is 1. The second-order valence-electron chi connectivity index (χ2n) is 8.63. The van der Waals surface area contributed by atoms with E-state index in [0.29, 0.717) is 35.1 Å². The zero-order chi connectivity index (χ0) is 24.1. The lowest BCUT2D eigenvalue weighted by Gasteiger charge is -2.21. The van der Waals surface area contributed by atoms with Gasteiger partial charge in [0.2, 0.25) is 5.43 Å². The molecule has 2 N–H and O–H groups in total. The molecule has 0 radical (unpaired) electrons. The van der Waals surface area contributed by atoms with Gasteiger partial charge in [0.25, 0.3) is 5.91 Å². The van der Waals surface area contributed by atoms with Crippen molar-refractivity contribution in [2.24, 2.45) is 0 Å². The molecule has 1 saturated heterocycles. The number of nitrogens with one attached hydrogen (secondary N) is 1. The van der Waals surface area contributed by atoms with E-state index in [1.807, 2.05) is 28.8 Å². The molecule has 6 nitrogen and oxygen atoms in total. The maximum atomic E-state index is 13.3. The maximum absolute atomic E-state index is 13.3. The van der Waals surface area contributed by atoms with Crippen LogP contribution >= 0.6 is 11.6 Å². The molecule has 2 aromatic carbocycles. The van der Waals surface area contributed by atoms with Gasteiger partial charge in [-0.15, -0.1) is 0 Å². The van der Waals surface area contributed by atoms with Crippen LogP contribution in [0.5, 0.6) is 0 Å². The Kier molecular flexibility index (Phi) is 7.69. The summed E-state index contributed by atoms with van der Waals surface area (Å²) in [7, 11) is 2.14. The second kappa shape index (κ2) is 10.9. The number of amides is 1. The highest BCUT2D eigenvalue weighted by Crippen LogP contribution is 2.21. The van der Waals surface area contributed by atoms with Crippen LogP contribution in [-0.2, 0) is 13.1 Å². The highest BCUT2D eigenvalue weighted by Gasteiger charge is 2.21. The van der Waals surface area contributed by atoms with E-state index < -0.39 is 5.91 Å². The van der Waals surface area contributed by atoms with Crippen molar-refractivity contribution in [1.82, 2.24) is 14.8 Å². The minimum absolute atomic E-state index is 0.105. The zero-order valence-electron chi connectivity index (χ0n) is 19.2. The quantitative estimate of drug-likeness (QED) is 0.533. The number of aliphatic hydroxyl groups is 1. The predicted molar refractivity (Wildman–Crippen MR) is 135 cm³/mol. The molecule has 1 unspecified atom stereocenters. The molecular formula is C27H28ClN3O3. The summed E-state index contributed by atoms with van der Waals surface area (Å²) in [5.74, 6) is 5.05. The summed E-state index contributed by atoms with van der Waals surface area (Å²) >= 11 is 5.94. The van der Waals surface area contributed by atoms with Gasteiger partial charge in [0.1, 0.15) is 12.2 Å². The molecule has 7 heteroatoms. The Morgan fingerprint density at radius 3 is 2.74 bits per heavy atom. The average molecular weight is 478 g/mol. The normalized spacial score (nSPS) is 15.8. The summed E-state index contributed by atoms with van der Waals surface area (Å²) < 4.78 is 2.00. The van der Waals surface area contributed by atoms with E-state index in [9.17, 15) is 9.59 Å². The Labute approximate surface area is 204 Å². The first kappa shape index (κ1) is 24.0. The number of hydrogen-bond acceptors (Lipinski definition) is 4. The van der Waals surface area contributed by atoms with E-state index in [-0.39, 0.29) is 17.6 Å². The van der Waals surface area contributed by atoms with Crippen molar-refractivity contribution in [2.45, 2.75) is 38.4 Å². The van der Waals surface area contributed by atoms with Gasteiger partial charge in [-0.1, -0.05) is 35.6 Å². The molecule has 1 atom stereocenters. The van der Waals surface area contributed by atoms with E-state index in [4.69, 9.17) is 16.7 Å². The average Bonchev–Trinajstić information content (AvgIpc) is 3.26. The van der Waals surface area contributed by atoms with Crippen molar-refractivity contribution in [3.63, 3.8) is 0 Å². The topological polar surface area (TPSA) is 74.6 Å². The molecule has 1 amide bonds. The fourth-order valence-corrected chi connectivity index (χ4v) is 4.60. The molecule has 0 saturated carbocycles. The van der Waals surface area contributed by atoms with E-state index in [2.05, 4.69) is 29.1 Å². The number of carbonyl (C=O) groups excluding carboxylic acids is 1. The van der Waals surface area contributed by atoms with Gasteiger partial charge in [0.05, 0.1) is 5.52 Å². The van der Waals surface area contributed by atoms with Gasteiger partial charge in [-0.3, -0.25) is 9.59 Å². The Morgan fingerprint density at radius 1 is 1.24 bits per heavy atom. The molecule has 176 valence electrons. The number of carbonyl (C=O) groups is 1. The van der Waals surface area contributed by atoms with Crippen molar-refractivity contribution in [2.75, 3.05) is 20.2 Å². The van der Waals surface area contributed by atoms with Crippen molar-refractivity contribution in [1.29, 1.82) is 0 Å². The maximum Gasteiger partial charge on any atom is 0.257 e. The lowest BCUT2D eigenvalue weighted by Crippen LogP contribution is -2.30. The fourth-order valence-electron chi connectivity index (χ4n) is 4.48. The highest BCUT2D eigenvalue weighted by atomic mass is 35.5. The highest BCUT2D eigenvalue weighted by molar-refractivity contribution is 6.30. The van der Waals surface area contributed by atoms with E-state index in [0.717, 1.165) is 30.5 Å². The minimum Gasteiger partial charge on any atom is -0.384 e. The number of aromatic nitrogens is 1. The molecule has 1 aliphatic rings. The molecule has 0 spiro atoms. The lowest BCUT2D eigenvalue weighted by molar-refractivity contribution is 0.0949. The standard InChI is InChI=1S/C27H28ClN3O3/c1-30-13-2-5-22(30)12-14-31-18-24(27(34)29-17-20-6-9-21(28)10-7-20)26(33)23-16-19(4-3-15-32)8-11-25(23)31/h6-11,16,18,22,32H,2,5,12-15,17H2,1H3,(H,29,34). The summed E-state index contributed by atoms with van der Waals surface area (Å²) in [4.78, 5) is 28.7. The predicted octanol–water partition coefficient (Wildman–Crippen LogP) is 3.41. The summed E-state index contributed by atoms with van der Waals surface area (Å²) in [5.41, 5.74) is 2.07. The monoisotopic (exact) mass is 477 g/mol. The van der Waals surface area contributed by atoms with Gasteiger partial charge in [0.15, 0.2) is 0 Å². The van der Waals surface area contributed by atoms with Gasteiger partial charge in [-0.2, -0.15) is 0 Å². The lowest BCUT2D eigenvalue weighted by atomic mass is 10.1. The third kappa shape index (κ3) is 5.51. The van der Waals surface area contributed by atoms with Crippen molar-refractivity contribution in [3.05, 3.63) is 80.6 Å². The van der Waals surface area contributed by atoms with Gasteiger partial charge in [0, 0.05) is 41.3 Å². The van der Waals surface area contributed by atoms with Crippen LogP contribution in [0.1, 0.15) is 40.7 Å². The number of halogens is 1. The number of benzene rings is 2. The molecule has 2 heterocycles. The van der Waals surface area contributed by atoms with Gasteiger partial charge in [-0.05, 0) is 68.8 Å². The van der Waals surface area contributed by atoms with E-state index in [1.165, 1.54) is 6.42 Å². The van der Waals surface area contributed by atoms with E-state index in [1.54, 1.807) is 24.4 Å². The SMILES string of the molecule is CN1CCCC1CCn1cc(C(=O)NCc2ccc(Cl)cc2)c(=O)c2cc(C#CCO)ccc21. The molecule has 1 aromatic heterocycles. The molecular weight excluding hydrogens is 450 g/mol. The number of pyridine rings is 1. The van der Waals surface area contributed by atoms with Crippen molar-refractivity contribution in [3.8, 4) is 11.8 Å². The number of fused-ring (bicyclic) bond motifs is 1. The van der Waals surface area contributed by atoms with Gasteiger partial charge < -0.3 is 19.9 Å².